The molecule has 0 fully saturated rings. The first-order chi connectivity index (χ1) is 7.22. The fourth-order valence-corrected chi connectivity index (χ4v) is 2.68. The van der Waals surface area contributed by atoms with E-state index in [4.69, 9.17) is 17.4 Å². The zero-order valence-corrected chi connectivity index (χ0v) is 9.72. The van der Waals surface area contributed by atoms with Crippen molar-refractivity contribution in [1.29, 1.82) is 0 Å². The molecule has 2 aromatic rings. The molecular formula is C9H11ClN4S. The third kappa shape index (κ3) is 2.05. The van der Waals surface area contributed by atoms with Crippen LogP contribution in [0.15, 0.2) is 23.8 Å². The summed E-state index contributed by atoms with van der Waals surface area (Å²) in [5.74, 6) is 5.54. The highest BCUT2D eigenvalue weighted by Gasteiger charge is 2.18. The Morgan fingerprint density at radius 3 is 2.93 bits per heavy atom. The summed E-state index contributed by atoms with van der Waals surface area (Å²) >= 11 is 7.63. The molecule has 0 saturated heterocycles. The SMILES string of the molecule is Cn1cc(C(NN)c2sccc2Cl)cn1. The van der Waals surface area contributed by atoms with Crippen molar-refractivity contribution in [3.63, 3.8) is 0 Å². The molecule has 2 heterocycles. The van der Waals surface area contributed by atoms with Gasteiger partial charge in [0.1, 0.15) is 0 Å². The van der Waals surface area contributed by atoms with E-state index in [1.807, 2.05) is 24.7 Å². The molecule has 1 unspecified atom stereocenters. The van der Waals surface area contributed by atoms with Crippen LogP contribution in [0.3, 0.4) is 0 Å². The van der Waals surface area contributed by atoms with Crippen LogP contribution in [0.1, 0.15) is 16.5 Å². The fraction of sp³-hybridized carbons (Fsp3) is 0.222. The van der Waals surface area contributed by atoms with Gasteiger partial charge in [-0.05, 0) is 11.4 Å². The smallest absolute Gasteiger partial charge is 0.0847 e. The first-order valence-electron chi connectivity index (χ1n) is 4.40. The third-order valence-electron chi connectivity index (χ3n) is 2.13. The second kappa shape index (κ2) is 4.32. The Balaban J connectivity index is 2.36. The zero-order chi connectivity index (χ0) is 10.8. The second-order valence-corrected chi connectivity index (χ2v) is 4.53. The van der Waals surface area contributed by atoms with Gasteiger partial charge in [0.05, 0.1) is 17.3 Å². The molecule has 3 N–H and O–H groups in total. The van der Waals surface area contributed by atoms with Crippen molar-refractivity contribution in [3.05, 3.63) is 39.3 Å². The highest BCUT2D eigenvalue weighted by atomic mass is 35.5. The predicted molar refractivity (Wildman–Crippen MR) is 61.7 cm³/mol. The van der Waals surface area contributed by atoms with Crippen molar-refractivity contribution < 1.29 is 0 Å². The van der Waals surface area contributed by atoms with Crippen molar-refractivity contribution in [2.75, 3.05) is 0 Å². The summed E-state index contributed by atoms with van der Waals surface area (Å²) in [6.07, 6.45) is 3.70. The molecule has 0 amide bonds. The monoisotopic (exact) mass is 242 g/mol. The number of nitrogens with one attached hydrogen (secondary N) is 1. The van der Waals surface area contributed by atoms with Crippen LogP contribution in [0.25, 0.3) is 0 Å². The lowest BCUT2D eigenvalue weighted by Gasteiger charge is -2.12. The summed E-state index contributed by atoms with van der Waals surface area (Å²) in [7, 11) is 1.87. The highest BCUT2D eigenvalue weighted by Crippen LogP contribution is 2.31. The van der Waals surface area contributed by atoms with Crippen LogP contribution < -0.4 is 11.3 Å². The predicted octanol–water partition coefficient (Wildman–Crippen LogP) is 1.69. The first-order valence-corrected chi connectivity index (χ1v) is 5.65. The average Bonchev–Trinajstić information content (AvgIpc) is 2.79. The van der Waals surface area contributed by atoms with Crippen LogP contribution in [-0.4, -0.2) is 9.78 Å². The molecule has 0 aromatic carbocycles. The maximum absolute atomic E-state index is 6.06. The van der Waals surface area contributed by atoms with Crippen LogP contribution in [0, 0.1) is 0 Å². The molecule has 0 spiro atoms. The summed E-state index contributed by atoms with van der Waals surface area (Å²) in [6, 6.07) is 1.77. The first kappa shape index (κ1) is 10.6. The maximum Gasteiger partial charge on any atom is 0.0847 e. The molecule has 15 heavy (non-hydrogen) atoms. The number of hydrogen-bond donors (Lipinski definition) is 2. The zero-order valence-electron chi connectivity index (χ0n) is 8.14. The molecule has 0 aliphatic carbocycles. The Hall–Kier alpha value is -0.880. The van der Waals surface area contributed by atoms with Crippen LogP contribution in [-0.2, 0) is 7.05 Å². The van der Waals surface area contributed by atoms with E-state index in [9.17, 15) is 0 Å². The topological polar surface area (TPSA) is 55.9 Å². The van der Waals surface area contributed by atoms with Gasteiger partial charge in [-0.25, -0.2) is 5.43 Å². The van der Waals surface area contributed by atoms with Crippen LogP contribution in [0.4, 0.5) is 0 Å². The van der Waals surface area contributed by atoms with E-state index in [0.717, 1.165) is 15.5 Å². The van der Waals surface area contributed by atoms with E-state index in [1.165, 1.54) is 0 Å². The van der Waals surface area contributed by atoms with Crippen molar-refractivity contribution >= 4 is 22.9 Å². The van der Waals surface area contributed by atoms with E-state index >= 15 is 0 Å². The highest BCUT2D eigenvalue weighted by molar-refractivity contribution is 7.10. The quantitative estimate of drug-likeness (QED) is 0.636. The Morgan fingerprint density at radius 1 is 1.67 bits per heavy atom. The fourth-order valence-electron chi connectivity index (χ4n) is 1.42. The summed E-state index contributed by atoms with van der Waals surface area (Å²) in [5, 5.41) is 6.78. The standard InChI is InChI=1S/C9H11ClN4S/c1-14-5-6(4-12-14)8(13-11)9-7(10)2-3-15-9/h2-5,8,13H,11H2,1H3. The van der Waals surface area contributed by atoms with Crippen LogP contribution in [0.2, 0.25) is 5.02 Å². The number of aromatic nitrogens is 2. The summed E-state index contributed by atoms with van der Waals surface area (Å²) in [6.45, 7) is 0. The normalized spacial score (nSPS) is 13.0. The number of nitrogens with two attached hydrogens (primary N) is 1. The minimum absolute atomic E-state index is 0.0915. The van der Waals surface area contributed by atoms with E-state index in [-0.39, 0.29) is 6.04 Å². The molecule has 6 heteroatoms. The minimum Gasteiger partial charge on any atom is -0.275 e. The number of halogens is 1. The summed E-state index contributed by atoms with van der Waals surface area (Å²) < 4.78 is 1.74. The largest absolute Gasteiger partial charge is 0.275 e. The Morgan fingerprint density at radius 2 is 2.47 bits per heavy atom. The second-order valence-electron chi connectivity index (χ2n) is 3.18. The lowest BCUT2D eigenvalue weighted by molar-refractivity contribution is 0.645. The molecular weight excluding hydrogens is 232 g/mol. The van der Waals surface area contributed by atoms with Gasteiger partial charge < -0.3 is 0 Å². The molecule has 4 nitrogen and oxygen atoms in total. The number of hydrogen-bond acceptors (Lipinski definition) is 4. The molecule has 80 valence electrons. The third-order valence-corrected chi connectivity index (χ3v) is 3.56. The molecule has 0 saturated carbocycles. The van der Waals surface area contributed by atoms with Gasteiger partial charge in [-0.1, -0.05) is 11.6 Å². The number of rotatable bonds is 3. The molecule has 0 aliphatic heterocycles. The average molecular weight is 243 g/mol. The van der Waals surface area contributed by atoms with Gasteiger partial charge in [0.25, 0.3) is 0 Å². The Labute approximate surface area is 96.6 Å². The van der Waals surface area contributed by atoms with Gasteiger partial charge in [-0.3, -0.25) is 10.5 Å². The van der Waals surface area contributed by atoms with Crippen molar-refractivity contribution in [1.82, 2.24) is 15.2 Å². The van der Waals surface area contributed by atoms with Gasteiger partial charge in [0.2, 0.25) is 0 Å². The molecule has 0 bridgehead atoms. The number of thiophene rings is 1. The van der Waals surface area contributed by atoms with Crippen LogP contribution in [0.5, 0.6) is 0 Å². The number of aryl methyl sites for hydroxylation is 1. The van der Waals surface area contributed by atoms with E-state index in [0.29, 0.717) is 0 Å². The molecule has 2 aromatic heterocycles. The Kier molecular flexibility index (Phi) is 3.06. The molecule has 1 atom stereocenters. The summed E-state index contributed by atoms with van der Waals surface area (Å²) in [4.78, 5) is 1.01. The van der Waals surface area contributed by atoms with Gasteiger partial charge in [-0.2, -0.15) is 5.10 Å². The summed E-state index contributed by atoms with van der Waals surface area (Å²) in [5.41, 5.74) is 3.75. The van der Waals surface area contributed by atoms with Crippen LogP contribution >= 0.6 is 22.9 Å². The van der Waals surface area contributed by atoms with E-state index in [2.05, 4.69) is 10.5 Å². The van der Waals surface area contributed by atoms with Gasteiger partial charge in [-0.15, -0.1) is 11.3 Å². The van der Waals surface area contributed by atoms with E-state index < -0.39 is 0 Å². The number of nitrogens with zero attached hydrogens (tertiary/aromatic N) is 2. The van der Waals surface area contributed by atoms with Gasteiger partial charge >= 0.3 is 0 Å². The maximum atomic E-state index is 6.06. The Bertz CT molecular complexity index is 450. The van der Waals surface area contributed by atoms with Crippen molar-refractivity contribution in [3.8, 4) is 0 Å². The number of hydrazine groups is 1. The van der Waals surface area contributed by atoms with E-state index in [1.54, 1.807) is 22.2 Å². The van der Waals surface area contributed by atoms with Gasteiger partial charge in [0, 0.05) is 23.7 Å². The van der Waals surface area contributed by atoms with Crippen molar-refractivity contribution in [2.24, 2.45) is 12.9 Å². The molecule has 0 aliphatic rings. The molecule has 0 radical (unpaired) electrons. The lowest BCUT2D eigenvalue weighted by Crippen LogP contribution is -2.28. The lowest BCUT2D eigenvalue weighted by atomic mass is 10.1. The molecule has 2 rings (SSSR count). The van der Waals surface area contributed by atoms with Crippen molar-refractivity contribution in [2.45, 2.75) is 6.04 Å². The van der Waals surface area contributed by atoms with Gasteiger partial charge in [0.15, 0.2) is 0 Å². The minimum atomic E-state index is -0.0915.